The molecule has 3 heteroatoms. The van der Waals surface area contributed by atoms with Gasteiger partial charge in [-0.15, -0.1) is 0 Å². The molecule has 1 spiro atoms. The molecule has 2 aliphatic heterocycles. The van der Waals surface area contributed by atoms with Gasteiger partial charge in [-0.05, 0) is 89.4 Å². The van der Waals surface area contributed by atoms with Gasteiger partial charge in [0.1, 0.15) is 6.17 Å². The molecule has 0 amide bonds. The van der Waals surface area contributed by atoms with Crippen molar-refractivity contribution in [1.82, 2.24) is 4.90 Å². The van der Waals surface area contributed by atoms with Gasteiger partial charge in [-0.1, -0.05) is 94.4 Å². The summed E-state index contributed by atoms with van der Waals surface area (Å²) in [4.78, 5) is 2.83. The minimum atomic E-state index is 0.137. The first-order valence-electron chi connectivity index (χ1n) is 15.1. The number of hydrogen-bond donors (Lipinski definition) is 2. The van der Waals surface area contributed by atoms with Gasteiger partial charge < -0.3 is 15.5 Å². The Morgan fingerprint density at radius 1 is 0.872 bits per heavy atom. The first kappa shape index (κ1) is 25.0. The maximum atomic E-state index is 3.71. The summed E-state index contributed by atoms with van der Waals surface area (Å²) in [5.74, 6) is 1.33. The largest absolute Gasteiger partial charge is 0.360 e. The van der Waals surface area contributed by atoms with Crippen molar-refractivity contribution in [3.63, 3.8) is 0 Å². The average molecular weight is 518 g/mol. The van der Waals surface area contributed by atoms with E-state index in [2.05, 4.69) is 122 Å². The summed E-state index contributed by atoms with van der Waals surface area (Å²) < 4.78 is 0. The molecular weight excluding hydrogens is 474 g/mol. The van der Waals surface area contributed by atoms with Gasteiger partial charge in [0.05, 0.1) is 11.4 Å². The van der Waals surface area contributed by atoms with E-state index in [9.17, 15) is 0 Å². The van der Waals surface area contributed by atoms with Gasteiger partial charge in [-0.2, -0.15) is 0 Å². The molecule has 7 rings (SSSR count). The minimum absolute atomic E-state index is 0.137. The number of benzene rings is 3. The van der Waals surface area contributed by atoms with Crippen LogP contribution in [0.15, 0.2) is 72.8 Å². The van der Waals surface area contributed by atoms with Gasteiger partial charge in [0.15, 0.2) is 0 Å². The quantitative estimate of drug-likeness (QED) is 0.365. The highest BCUT2D eigenvalue weighted by Gasteiger charge is 2.45. The van der Waals surface area contributed by atoms with Crippen LogP contribution in [0.4, 0.5) is 11.4 Å². The predicted molar refractivity (Wildman–Crippen MR) is 164 cm³/mol. The van der Waals surface area contributed by atoms with E-state index in [0.29, 0.717) is 11.8 Å². The number of rotatable bonds is 3. The molecule has 0 radical (unpaired) electrons. The summed E-state index contributed by atoms with van der Waals surface area (Å²) in [5, 5.41) is 7.39. The monoisotopic (exact) mass is 517 g/mol. The van der Waals surface area contributed by atoms with Crippen LogP contribution in [0.5, 0.6) is 0 Å². The Balaban J connectivity index is 0.982. The topological polar surface area (TPSA) is 27.3 Å². The van der Waals surface area contributed by atoms with Crippen LogP contribution in [0.1, 0.15) is 93.3 Å². The van der Waals surface area contributed by atoms with Gasteiger partial charge in [-0.3, -0.25) is 0 Å². The van der Waals surface area contributed by atoms with Crippen molar-refractivity contribution >= 4 is 17.5 Å². The zero-order valence-corrected chi connectivity index (χ0v) is 24.0. The molecule has 1 saturated carbocycles. The number of anilines is 2. The normalized spacial score (nSPS) is 29.7. The Bertz CT molecular complexity index is 1400. The molecular formula is C36H43N3. The molecule has 2 heterocycles. The predicted octanol–water partition coefficient (Wildman–Crippen LogP) is 8.46. The molecule has 2 fully saturated rings. The first-order valence-corrected chi connectivity index (χ1v) is 15.1. The summed E-state index contributed by atoms with van der Waals surface area (Å²) in [6.07, 6.45) is 10.2. The van der Waals surface area contributed by atoms with Crippen LogP contribution in [-0.2, 0) is 10.8 Å². The Labute approximate surface area is 234 Å². The Morgan fingerprint density at radius 3 is 2.44 bits per heavy atom. The first-order chi connectivity index (χ1) is 18.8. The van der Waals surface area contributed by atoms with Crippen LogP contribution >= 0.6 is 0 Å². The third-order valence-electron chi connectivity index (χ3n) is 10.4. The second kappa shape index (κ2) is 9.27. The third kappa shape index (κ3) is 4.30. The molecule has 39 heavy (non-hydrogen) atoms. The van der Waals surface area contributed by atoms with E-state index in [1.54, 1.807) is 5.56 Å². The molecule has 2 aliphatic carbocycles. The Hall–Kier alpha value is -3.04. The van der Waals surface area contributed by atoms with E-state index in [1.165, 1.54) is 72.4 Å². The molecule has 0 aromatic heterocycles. The fourth-order valence-corrected chi connectivity index (χ4v) is 7.88. The standard InChI is InChI=1S/C36H43N3/c1-24-23-39(20-19-36(24)18-17-26-7-5-6-8-31(26)36)30-15-13-28(21-30)25-9-11-27(12-10-25)34-37-32-16-14-29(35(2,3)4)22-33(32)38-34/h5-12,14,16-18,22,24,28,30,34,37-38H,13,15,19-21,23H2,1-4H3. The zero-order valence-electron chi connectivity index (χ0n) is 24.0. The minimum Gasteiger partial charge on any atom is -0.360 e. The molecule has 0 bridgehead atoms. The van der Waals surface area contributed by atoms with Crippen LogP contribution in [-0.4, -0.2) is 24.0 Å². The van der Waals surface area contributed by atoms with Gasteiger partial charge in [0.2, 0.25) is 0 Å². The van der Waals surface area contributed by atoms with Crippen LogP contribution in [0.3, 0.4) is 0 Å². The number of piperidine rings is 1. The number of allylic oxidation sites excluding steroid dienone is 1. The maximum Gasteiger partial charge on any atom is 0.123 e. The van der Waals surface area contributed by atoms with Crippen LogP contribution < -0.4 is 10.6 Å². The van der Waals surface area contributed by atoms with Crippen molar-refractivity contribution in [2.45, 2.75) is 82.3 Å². The van der Waals surface area contributed by atoms with Crippen LogP contribution in [0.2, 0.25) is 0 Å². The van der Waals surface area contributed by atoms with E-state index in [4.69, 9.17) is 0 Å². The van der Waals surface area contributed by atoms with E-state index in [0.717, 1.165) is 6.04 Å². The summed E-state index contributed by atoms with van der Waals surface area (Å²) in [6.45, 7) is 11.7. The lowest BCUT2D eigenvalue weighted by Gasteiger charge is -2.46. The molecule has 3 nitrogen and oxygen atoms in total. The number of hydrogen-bond acceptors (Lipinski definition) is 3. The molecule has 3 aromatic carbocycles. The lowest BCUT2D eigenvalue weighted by molar-refractivity contribution is 0.0898. The van der Waals surface area contributed by atoms with Gasteiger partial charge in [0, 0.05) is 18.0 Å². The zero-order chi connectivity index (χ0) is 26.8. The second-order valence-electron chi connectivity index (χ2n) is 13.7. The summed E-state index contributed by atoms with van der Waals surface area (Å²) in [5.41, 5.74) is 10.00. The fraction of sp³-hybridized carbons (Fsp3) is 0.444. The maximum absolute atomic E-state index is 3.71. The molecule has 202 valence electrons. The van der Waals surface area contributed by atoms with Crippen LogP contribution in [0, 0.1) is 5.92 Å². The molecule has 3 aromatic rings. The molecule has 1 saturated heterocycles. The summed E-state index contributed by atoms with van der Waals surface area (Å²) in [7, 11) is 0. The Kier molecular flexibility index (Phi) is 5.93. The second-order valence-corrected chi connectivity index (χ2v) is 13.7. The molecule has 5 unspecified atom stereocenters. The van der Waals surface area contributed by atoms with E-state index < -0.39 is 0 Å². The number of likely N-dealkylation sites (tertiary alicyclic amines) is 1. The highest BCUT2D eigenvalue weighted by Crippen LogP contribution is 2.48. The molecule has 2 N–H and O–H groups in total. The number of fused-ring (bicyclic) bond motifs is 3. The third-order valence-corrected chi connectivity index (χ3v) is 10.4. The number of nitrogens with one attached hydrogen (secondary N) is 2. The summed E-state index contributed by atoms with van der Waals surface area (Å²) >= 11 is 0. The lowest BCUT2D eigenvalue weighted by atomic mass is 9.68. The van der Waals surface area contributed by atoms with Crippen molar-refractivity contribution in [3.05, 3.63) is 101 Å². The van der Waals surface area contributed by atoms with Gasteiger partial charge >= 0.3 is 0 Å². The van der Waals surface area contributed by atoms with Crippen LogP contribution in [0.25, 0.3) is 6.08 Å². The van der Waals surface area contributed by atoms with Crippen molar-refractivity contribution in [2.24, 2.45) is 5.92 Å². The molecule has 4 aliphatic rings. The molecule has 5 atom stereocenters. The highest BCUT2D eigenvalue weighted by atomic mass is 15.2. The van der Waals surface area contributed by atoms with Crippen molar-refractivity contribution in [1.29, 1.82) is 0 Å². The van der Waals surface area contributed by atoms with E-state index in [-0.39, 0.29) is 17.0 Å². The smallest absolute Gasteiger partial charge is 0.123 e. The fourth-order valence-electron chi connectivity index (χ4n) is 7.88. The average Bonchev–Trinajstić information content (AvgIpc) is 3.68. The lowest BCUT2D eigenvalue weighted by Crippen LogP contribution is -2.50. The van der Waals surface area contributed by atoms with Crippen molar-refractivity contribution < 1.29 is 0 Å². The number of nitrogens with zero attached hydrogens (tertiary/aromatic N) is 1. The highest BCUT2D eigenvalue weighted by molar-refractivity contribution is 5.76. The van der Waals surface area contributed by atoms with E-state index in [1.807, 2.05) is 0 Å². The summed E-state index contributed by atoms with van der Waals surface area (Å²) in [6, 6.07) is 26.0. The van der Waals surface area contributed by atoms with Crippen molar-refractivity contribution in [2.75, 3.05) is 23.7 Å². The Morgan fingerprint density at radius 2 is 1.64 bits per heavy atom. The van der Waals surface area contributed by atoms with Crippen molar-refractivity contribution in [3.8, 4) is 0 Å². The van der Waals surface area contributed by atoms with E-state index >= 15 is 0 Å². The van der Waals surface area contributed by atoms with Gasteiger partial charge in [-0.25, -0.2) is 0 Å². The van der Waals surface area contributed by atoms with Gasteiger partial charge in [0.25, 0.3) is 0 Å². The SMILES string of the molecule is CC1CN(C2CCC(c3ccc(C4Nc5ccc(C(C)(C)C)cc5N4)cc3)C2)CCC12C=Cc1ccccc12.